The molecule has 0 radical (unpaired) electrons. The highest BCUT2D eigenvalue weighted by atomic mass is 79.9. The minimum absolute atomic E-state index is 0.0262. The van der Waals surface area contributed by atoms with Crippen molar-refractivity contribution in [3.63, 3.8) is 0 Å². The molecule has 1 heteroatoms. The smallest absolute Gasteiger partial charge is 0.0452 e. The zero-order chi connectivity index (χ0) is 12.3. The van der Waals surface area contributed by atoms with Crippen LogP contribution in [0.2, 0.25) is 0 Å². The van der Waals surface area contributed by atoms with E-state index in [2.05, 4.69) is 84.4 Å². The van der Waals surface area contributed by atoms with Gasteiger partial charge in [-0.05, 0) is 37.0 Å². The first-order valence-corrected chi connectivity index (χ1v) is 6.68. The van der Waals surface area contributed by atoms with E-state index in [-0.39, 0.29) is 4.32 Å². The van der Waals surface area contributed by atoms with Crippen molar-refractivity contribution in [2.45, 2.75) is 24.6 Å². The third-order valence-electron chi connectivity index (χ3n) is 2.90. The zero-order valence-corrected chi connectivity index (χ0v) is 11.9. The van der Waals surface area contributed by atoms with E-state index < -0.39 is 0 Å². The quantitative estimate of drug-likeness (QED) is 0.704. The number of halogens is 1. The van der Waals surface area contributed by atoms with Gasteiger partial charge in [0.2, 0.25) is 0 Å². The summed E-state index contributed by atoms with van der Waals surface area (Å²) in [5.41, 5.74) is 4.11. The molecule has 0 aliphatic rings. The molecule has 0 fully saturated rings. The first kappa shape index (κ1) is 12.4. The Bertz CT molecular complexity index is 480. The van der Waals surface area contributed by atoms with Crippen molar-refractivity contribution >= 4 is 15.9 Å². The van der Waals surface area contributed by atoms with Crippen LogP contribution in [0.15, 0.2) is 54.6 Å². The summed E-state index contributed by atoms with van der Waals surface area (Å²) in [6.07, 6.45) is 0.992. The molecular formula is C16H17Br. The molecule has 0 nitrogen and oxygen atoms in total. The second-order valence-electron chi connectivity index (χ2n) is 4.79. The van der Waals surface area contributed by atoms with E-state index in [0.717, 1.165) is 6.42 Å². The fourth-order valence-corrected chi connectivity index (χ4v) is 2.46. The molecule has 0 N–H and O–H groups in total. The third kappa shape index (κ3) is 3.19. The summed E-state index contributed by atoms with van der Waals surface area (Å²) in [6.45, 7) is 4.38. The van der Waals surface area contributed by atoms with E-state index in [9.17, 15) is 0 Å². The van der Waals surface area contributed by atoms with Crippen LogP contribution in [0.4, 0.5) is 0 Å². The Morgan fingerprint density at radius 1 is 0.882 bits per heavy atom. The van der Waals surface area contributed by atoms with E-state index >= 15 is 0 Å². The molecular weight excluding hydrogens is 272 g/mol. The van der Waals surface area contributed by atoms with Gasteiger partial charge in [0.1, 0.15) is 0 Å². The average Bonchev–Trinajstić information content (AvgIpc) is 2.30. The molecule has 0 aliphatic carbocycles. The first-order chi connectivity index (χ1) is 8.07. The number of hydrogen-bond acceptors (Lipinski definition) is 0. The molecule has 0 spiro atoms. The molecule has 17 heavy (non-hydrogen) atoms. The highest BCUT2D eigenvalue weighted by Gasteiger charge is 2.19. The minimum Gasteiger partial charge on any atom is -0.0807 e. The lowest BCUT2D eigenvalue weighted by molar-refractivity contribution is 0.789. The van der Waals surface area contributed by atoms with E-state index in [1.807, 2.05) is 0 Å². The summed E-state index contributed by atoms with van der Waals surface area (Å²) in [5.74, 6) is 0. The van der Waals surface area contributed by atoms with Gasteiger partial charge in [0.25, 0.3) is 0 Å². The highest BCUT2D eigenvalue weighted by molar-refractivity contribution is 9.09. The van der Waals surface area contributed by atoms with Crippen LogP contribution >= 0.6 is 15.9 Å². The van der Waals surface area contributed by atoms with Crippen molar-refractivity contribution in [3.8, 4) is 0 Å². The van der Waals surface area contributed by atoms with Gasteiger partial charge in [0.05, 0.1) is 0 Å². The Morgan fingerprint density at radius 2 is 1.47 bits per heavy atom. The monoisotopic (exact) mass is 288 g/mol. The number of alkyl halides is 1. The first-order valence-electron chi connectivity index (χ1n) is 5.88. The molecule has 0 bridgehead atoms. The van der Waals surface area contributed by atoms with Crippen molar-refractivity contribution in [1.29, 1.82) is 0 Å². The second kappa shape index (κ2) is 5.05. The van der Waals surface area contributed by atoms with Gasteiger partial charge in [-0.15, -0.1) is 0 Å². The van der Waals surface area contributed by atoms with Crippen LogP contribution in [-0.4, -0.2) is 0 Å². The van der Waals surface area contributed by atoms with Gasteiger partial charge >= 0.3 is 0 Å². The number of benzene rings is 2. The van der Waals surface area contributed by atoms with Crippen molar-refractivity contribution in [2.24, 2.45) is 0 Å². The Labute approximate surface area is 112 Å². The molecule has 0 atom stereocenters. The molecule has 2 aromatic carbocycles. The molecule has 0 saturated heterocycles. The maximum absolute atomic E-state index is 3.75. The highest BCUT2D eigenvalue weighted by Crippen LogP contribution is 2.33. The van der Waals surface area contributed by atoms with Crippen LogP contribution in [0.3, 0.4) is 0 Å². The Hall–Kier alpha value is -1.08. The van der Waals surface area contributed by atoms with Crippen molar-refractivity contribution in [1.82, 2.24) is 0 Å². The summed E-state index contributed by atoms with van der Waals surface area (Å²) < 4.78 is 0.0262. The maximum Gasteiger partial charge on any atom is 0.0452 e. The van der Waals surface area contributed by atoms with E-state index in [4.69, 9.17) is 0 Å². The Morgan fingerprint density at radius 3 is 2.12 bits per heavy atom. The van der Waals surface area contributed by atoms with E-state index in [0.29, 0.717) is 0 Å². The van der Waals surface area contributed by atoms with E-state index in [1.54, 1.807) is 0 Å². The van der Waals surface area contributed by atoms with Crippen molar-refractivity contribution in [2.75, 3.05) is 0 Å². The van der Waals surface area contributed by atoms with Gasteiger partial charge in [-0.2, -0.15) is 0 Å². The summed E-state index contributed by atoms with van der Waals surface area (Å²) in [4.78, 5) is 0. The lowest BCUT2D eigenvalue weighted by Crippen LogP contribution is -2.10. The predicted octanol–water partition coefficient (Wildman–Crippen LogP) is 4.91. The van der Waals surface area contributed by atoms with Crippen LogP contribution in [0.5, 0.6) is 0 Å². The van der Waals surface area contributed by atoms with Gasteiger partial charge in [0.15, 0.2) is 0 Å². The van der Waals surface area contributed by atoms with Gasteiger partial charge in [-0.25, -0.2) is 0 Å². The van der Waals surface area contributed by atoms with Gasteiger partial charge in [0, 0.05) is 4.32 Å². The van der Waals surface area contributed by atoms with Crippen LogP contribution in [0, 0.1) is 0 Å². The topological polar surface area (TPSA) is 0 Å². The molecule has 2 rings (SSSR count). The molecule has 2 aromatic rings. The van der Waals surface area contributed by atoms with Crippen LogP contribution in [0.1, 0.15) is 30.5 Å². The lowest BCUT2D eigenvalue weighted by Gasteiger charge is -2.21. The van der Waals surface area contributed by atoms with Crippen LogP contribution < -0.4 is 0 Å². The standard InChI is InChI=1S/C16H17Br/c1-16(2,17)15-11-7-6-10-14(15)12-13-8-4-3-5-9-13/h3-11H,12H2,1-2H3. The molecule has 0 heterocycles. The van der Waals surface area contributed by atoms with Crippen LogP contribution in [-0.2, 0) is 10.7 Å². The van der Waals surface area contributed by atoms with Crippen LogP contribution in [0.25, 0.3) is 0 Å². The molecule has 0 aliphatic heterocycles. The Kier molecular flexibility index (Phi) is 3.68. The predicted molar refractivity (Wildman–Crippen MR) is 77.6 cm³/mol. The molecule has 0 amide bonds. The van der Waals surface area contributed by atoms with Gasteiger partial charge in [-0.3, -0.25) is 0 Å². The number of rotatable bonds is 3. The minimum atomic E-state index is 0.0262. The summed E-state index contributed by atoms with van der Waals surface area (Å²) in [5, 5.41) is 0. The molecule has 0 saturated carbocycles. The fourth-order valence-electron chi connectivity index (χ4n) is 2.07. The fraction of sp³-hybridized carbons (Fsp3) is 0.250. The Balaban J connectivity index is 2.34. The largest absolute Gasteiger partial charge is 0.0807 e. The molecule has 0 unspecified atom stereocenters. The SMILES string of the molecule is CC(C)(Br)c1ccccc1Cc1ccccc1. The molecule has 88 valence electrons. The molecule has 0 aromatic heterocycles. The second-order valence-corrected chi connectivity index (χ2v) is 6.77. The van der Waals surface area contributed by atoms with Gasteiger partial charge < -0.3 is 0 Å². The lowest BCUT2D eigenvalue weighted by atomic mass is 9.93. The third-order valence-corrected chi connectivity index (χ3v) is 3.32. The summed E-state index contributed by atoms with van der Waals surface area (Å²) in [7, 11) is 0. The number of hydrogen-bond donors (Lipinski definition) is 0. The average molecular weight is 289 g/mol. The summed E-state index contributed by atoms with van der Waals surface area (Å²) in [6, 6.07) is 19.2. The van der Waals surface area contributed by atoms with E-state index in [1.165, 1.54) is 16.7 Å². The van der Waals surface area contributed by atoms with Crippen molar-refractivity contribution in [3.05, 3.63) is 71.3 Å². The zero-order valence-electron chi connectivity index (χ0n) is 10.3. The normalized spacial score (nSPS) is 11.5. The van der Waals surface area contributed by atoms with Gasteiger partial charge in [-0.1, -0.05) is 70.5 Å². The van der Waals surface area contributed by atoms with Crippen molar-refractivity contribution < 1.29 is 0 Å². The summed E-state index contributed by atoms with van der Waals surface area (Å²) >= 11 is 3.75. The maximum atomic E-state index is 3.75.